The van der Waals surface area contributed by atoms with Gasteiger partial charge >= 0.3 is 0 Å². The molecule has 112 valence electrons. The molecule has 0 spiro atoms. The third kappa shape index (κ3) is 4.54. The Kier molecular flexibility index (Phi) is 7.13. The van der Waals surface area contributed by atoms with Crippen LogP contribution in [-0.4, -0.2) is 37.6 Å². The Morgan fingerprint density at radius 2 is 1.95 bits per heavy atom. The number of carbonyl (C=O) groups excluding carboxylic acids is 1. The molecule has 0 unspecified atom stereocenters. The molecule has 20 heavy (non-hydrogen) atoms. The average molecular weight is 319 g/mol. The summed E-state index contributed by atoms with van der Waals surface area (Å²) < 4.78 is 5.60. The van der Waals surface area contributed by atoms with Gasteiger partial charge in [0.05, 0.1) is 5.02 Å². The predicted octanol–water partition coefficient (Wildman–Crippen LogP) is 2.96. The molecule has 1 N–H and O–H groups in total. The fraction of sp³-hybridized carbons (Fsp3) is 0.500. The zero-order chi connectivity index (χ0) is 15.1. The summed E-state index contributed by atoms with van der Waals surface area (Å²) in [6.07, 6.45) is 0. The van der Waals surface area contributed by atoms with Crippen molar-refractivity contribution < 1.29 is 9.53 Å². The molecule has 0 atom stereocenters. The highest BCUT2D eigenvalue weighted by Gasteiger charge is 2.14. The topological polar surface area (TPSA) is 41.6 Å². The summed E-state index contributed by atoms with van der Waals surface area (Å²) >= 11 is 12.1. The van der Waals surface area contributed by atoms with Crippen molar-refractivity contribution in [1.82, 2.24) is 10.2 Å². The summed E-state index contributed by atoms with van der Waals surface area (Å²) in [6.45, 7) is 5.73. The van der Waals surface area contributed by atoms with Gasteiger partial charge in [-0.15, -0.1) is 0 Å². The predicted molar refractivity (Wildman–Crippen MR) is 82.6 cm³/mol. The largest absolute Gasteiger partial charge is 0.482 e. The van der Waals surface area contributed by atoms with Crippen LogP contribution >= 0.6 is 23.2 Å². The first kappa shape index (κ1) is 17.1. The van der Waals surface area contributed by atoms with Crippen molar-refractivity contribution in [2.75, 3.05) is 26.7 Å². The fourth-order valence-electron chi connectivity index (χ4n) is 1.90. The molecular weight excluding hydrogens is 299 g/mol. The van der Waals surface area contributed by atoms with Gasteiger partial charge in [-0.25, -0.2) is 0 Å². The number of likely N-dealkylation sites (N-methyl/N-ethyl adjacent to an activating group) is 1. The lowest BCUT2D eigenvalue weighted by Gasteiger charge is -2.20. The van der Waals surface area contributed by atoms with E-state index in [0.717, 1.165) is 5.56 Å². The molecule has 6 heteroatoms. The molecule has 0 saturated carbocycles. The summed E-state index contributed by atoms with van der Waals surface area (Å²) in [7, 11) is 1.82. The lowest BCUT2D eigenvalue weighted by molar-refractivity contribution is -0.132. The number of amides is 1. The normalized spacial score (nSPS) is 10.4. The van der Waals surface area contributed by atoms with Crippen LogP contribution in [0.3, 0.4) is 0 Å². The van der Waals surface area contributed by atoms with E-state index in [1.165, 1.54) is 0 Å². The van der Waals surface area contributed by atoms with Crippen LogP contribution in [0.1, 0.15) is 19.4 Å². The van der Waals surface area contributed by atoms with Gasteiger partial charge in [0.1, 0.15) is 5.75 Å². The Morgan fingerprint density at radius 1 is 1.30 bits per heavy atom. The maximum atomic E-state index is 11.9. The maximum absolute atomic E-state index is 11.9. The first-order valence-corrected chi connectivity index (χ1v) is 7.32. The van der Waals surface area contributed by atoms with Crippen LogP contribution in [0.2, 0.25) is 10.0 Å². The molecule has 0 saturated heterocycles. The molecule has 1 aromatic rings. The van der Waals surface area contributed by atoms with E-state index in [0.29, 0.717) is 35.4 Å². The Labute approximate surface area is 130 Å². The quantitative estimate of drug-likeness (QED) is 0.840. The minimum absolute atomic E-state index is 0.0280. The Balaban J connectivity index is 2.84. The minimum atomic E-state index is -0.0589. The molecule has 0 aliphatic carbocycles. The standard InChI is InChI=1S/C14H20Cl2N2O2/c1-4-18(5-2)13(19)9-20-14-10(8-17-3)6-11(15)7-12(14)16/h6-7,17H,4-5,8-9H2,1-3H3. The van der Waals surface area contributed by atoms with E-state index >= 15 is 0 Å². The third-order valence-corrected chi connectivity index (χ3v) is 3.41. The fourth-order valence-corrected chi connectivity index (χ4v) is 2.49. The van der Waals surface area contributed by atoms with E-state index in [1.807, 2.05) is 20.9 Å². The van der Waals surface area contributed by atoms with Crippen LogP contribution in [0.15, 0.2) is 12.1 Å². The molecule has 0 bridgehead atoms. The molecule has 4 nitrogen and oxygen atoms in total. The number of nitrogens with one attached hydrogen (secondary N) is 1. The van der Waals surface area contributed by atoms with Gasteiger partial charge in [-0.05, 0) is 33.0 Å². The molecule has 1 aromatic carbocycles. The van der Waals surface area contributed by atoms with Crippen LogP contribution in [-0.2, 0) is 11.3 Å². The molecule has 0 aliphatic heterocycles. The smallest absolute Gasteiger partial charge is 0.260 e. The Bertz CT molecular complexity index is 463. The van der Waals surface area contributed by atoms with E-state index in [2.05, 4.69) is 5.32 Å². The highest BCUT2D eigenvalue weighted by atomic mass is 35.5. The summed E-state index contributed by atoms with van der Waals surface area (Å²) in [5, 5.41) is 3.98. The number of benzene rings is 1. The molecule has 0 aromatic heterocycles. The summed E-state index contributed by atoms with van der Waals surface area (Å²) in [6, 6.07) is 3.39. The van der Waals surface area contributed by atoms with Gasteiger partial charge in [0.2, 0.25) is 0 Å². The van der Waals surface area contributed by atoms with Crippen LogP contribution < -0.4 is 10.1 Å². The van der Waals surface area contributed by atoms with Crippen LogP contribution in [0.4, 0.5) is 0 Å². The average Bonchev–Trinajstić information content (AvgIpc) is 2.39. The van der Waals surface area contributed by atoms with E-state index in [9.17, 15) is 4.79 Å². The van der Waals surface area contributed by atoms with Gasteiger partial charge in [0, 0.05) is 30.2 Å². The van der Waals surface area contributed by atoms with Crippen LogP contribution in [0.5, 0.6) is 5.75 Å². The second-order valence-corrected chi connectivity index (χ2v) is 5.10. The number of hydrogen-bond acceptors (Lipinski definition) is 3. The molecule has 1 amide bonds. The zero-order valence-electron chi connectivity index (χ0n) is 12.0. The number of ether oxygens (including phenoxy) is 1. The highest BCUT2D eigenvalue weighted by Crippen LogP contribution is 2.32. The second kappa shape index (κ2) is 8.35. The van der Waals surface area contributed by atoms with Crippen molar-refractivity contribution >= 4 is 29.1 Å². The van der Waals surface area contributed by atoms with Gasteiger partial charge in [0.15, 0.2) is 6.61 Å². The summed E-state index contributed by atoms with van der Waals surface area (Å²) in [4.78, 5) is 13.7. The maximum Gasteiger partial charge on any atom is 0.260 e. The number of halogens is 2. The monoisotopic (exact) mass is 318 g/mol. The van der Waals surface area contributed by atoms with E-state index in [1.54, 1.807) is 17.0 Å². The number of hydrogen-bond donors (Lipinski definition) is 1. The van der Waals surface area contributed by atoms with Crippen molar-refractivity contribution in [2.45, 2.75) is 20.4 Å². The first-order chi connectivity index (χ1) is 9.53. The van der Waals surface area contributed by atoms with Crippen molar-refractivity contribution in [2.24, 2.45) is 0 Å². The SMILES string of the molecule is CCN(CC)C(=O)COc1c(Cl)cc(Cl)cc1CNC. The lowest BCUT2D eigenvalue weighted by Crippen LogP contribution is -2.34. The van der Waals surface area contributed by atoms with Gasteiger partial charge in [0.25, 0.3) is 5.91 Å². The van der Waals surface area contributed by atoms with Gasteiger partial charge in [-0.3, -0.25) is 4.79 Å². The van der Waals surface area contributed by atoms with E-state index in [4.69, 9.17) is 27.9 Å². The van der Waals surface area contributed by atoms with Crippen molar-refractivity contribution in [3.05, 3.63) is 27.7 Å². The minimum Gasteiger partial charge on any atom is -0.482 e. The van der Waals surface area contributed by atoms with Gasteiger partial charge in [-0.2, -0.15) is 0 Å². The zero-order valence-corrected chi connectivity index (χ0v) is 13.5. The molecule has 0 aliphatic rings. The number of nitrogens with zero attached hydrogens (tertiary/aromatic N) is 1. The summed E-state index contributed by atoms with van der Waals surface area (Å²) in [5.74, 6) is 0.447. The van der Waals surface area contributed by atoms with Crippen molar-refractivity contribution in [1.29, 1.82) is 0 Å². The van der Waals surface area contributed by atoms with Crippen molar-refractivity contribution in [3.63, 3.8) is 0 Å². The molecule has 0 fully saturated rings. The van der Waals surface area contributed by atoms with Gasteiger partial charge in [-0.1, -0.05) is 23.2 Å². The number of carbonyl (C=O) groups is 1. The van der Waals surface area contributed by atoms with Gasteiger partial charge < -0.3 is 15.0 Å². The lowest BCUT2D eigenvalue weighted by atomic mass is 10.2. The number of rotatable bonds is 7. The Morgan fingerprint density at radius 3 is 2.50 bits per heavy atom. The molecule has 0 heterocycles. The molecular formula is C14H20Cl2N2O2. The van der Waals surface area contributed by atoms with E-state index < -0.39 is 0 Å². The molecule has 0 radical (unpaired) electrons. The van der Waals surface area contributed by atoms with Crippen LogP contribution in [0.25, 0.3) is 0 Å². The van der Waals surface area contributed by atoms with E-state index in [-0.39, 0.29) is 12.5 Å². The first-order valence-electron chi connectivity index (χ1n) is 6.56. The summed E-state index contributed by atoms with van der Waals surface area (Å²) in [5.41, 5.74) is 0.831. The van der Waals surface area contributed by atoms with Crippen molar-refractivity contribution in [3.8, 4) is 5.75 Å². The molecule has 1 rings (SSSR count). The van der Waals surface area contributed by atoms with Crippen LogP contribution in [0, 0.1) is 0 Å². The Hall–Kier alpha value is -0.970. The second-order valence-electron chi connectivity index (χ2n) is 4.26. The highest BCUT2D eigenvalue weighted by molar-refractivity contribution is 6.35. The third-order valence-electron chi connectivity index (χ3n) is 2.91.